The predicted octanol–water partition coefficient (Wildman–Crippen LogP) is 4.51. The number of nitrogens with zero attached hydrogens (tertiary/aromatic N) is 2. The van der Waals surface area contributed by atoms with E-state index in [9.17, 15) is 5.26 Å². The van der Waals surface area contributed by atoms with E-state index in [2.05, 4.69) is 18.0 Å². The first kappa shape index (κ1) is 23.2. The summed E-state index contributed by atoms with van der Waals surface area (Å²) in [6.07, 6.45) is -0.851. The maximum atomic E-state index is 9.47. The summed E-state index contributed by atoms with van der Waals surface area (Å²) in [6, 6.07) is 2.25. The van der Waals surface area contributed by atoms with Crippen molar-refractivity contribution < 1.29 is 36.4 Å². The van der Waals surface area contributed by atoms with E-state index in [0.717, 1.165) is 3.93 Å². The van der Waals surface area contributed by atoms with Gasteiger partial charge in [0.2, 0.25) is 0 Å². The molecule has 0 aromatic carbocycles. The third-order valence-electron chi connectivity index (χ3n) is 3.90. The van der Waals surface area contributed by atoms with E-state index in [-0.39, 0.29) is 24.7 Å². The molecule has 10 heteroatoms. The molecule has 0 aromatic rings. The number of nitriles is 1. The summed E-state index contributed by atoms with van der Waals surface area (Å²) in [5.41, 5.74) is -0.758. The van der Waals surface area contributed by atoms with Crippen molar-refractivity contribution in [3.63, 3.8) is 0 Å². The maximum absolute atomic E-state index is 9.47. The molecule has 0 N–H and O–H groups in total. The molecule has 1 heterocycles. The van der Waals surface area contributed by atoms with Crippen LogP contribution < -0.4 is 0 Å². The first-order valence-corrected chi connectivity index (χ1v) is 24.5. The van der Waals surface area contributed by atoms with Gasteiger partial charge in [-0.05, 0) is 0 Å². The Morgan fingerprint density at radius 2 is 2.08 bits per heavy atom. The minimum absolute atomic E-state index is 0.0566. The number of ether oxygens (including phenoxy) is 3. The Morgan fingerprint density at radius 3 is 2.50 bits per heavy atom. The summed E-state index contributed by atoms with van der Waals surface area (Å²) in [4.78, 5) is 4.70. The van der Waals surface area contributed by atoms with Crippen LogP contribution >= 0.6 is 46.7 Å². The average molecular weight is 651 g/mol. The van der Waals surface area contributed by atoms with Crippen molar-refractivity contribution in [2.24, 2.45) is 16.8 Å². The molecule has 1 rings (SSSR count). The zero-order chi connectivity index (χ0) is 18.5. The normalized spacial score (nSPS) is 26.3. The Labute approximate surface area is 176 Å². The van der Waals surface area contributed by atoms with Crippen LogP contribution in [0.4, 0.5) is 0 Å². The van der Waals surface area contributed by atoms with Crippen molar-refractivity contribution >= 4 is 52.6 Å². The Bertz CT molecular complexity index is 499. The van der Waals surface area contributed by atoms with Crippen molar-refractivity contribution in [1.82, 2.24) is 0 Å². The molecule has 24 heavy (non-hydrogen) atoms. The number of methoxy groups -OCH3 is 1. The van der Waals surface area contributed by atoms with Crippen LogP contribution in [0.15, 0.2) is 4.99 Å². The fourth-order valence-electron chi connectivity index (χ4n) is 2.99. The topological polar surface area (TPSA) is 63.8 Å². The average Bonchev–Trinajstić information content (AvgIpc) is 2.88. The molecular weight excluding hydrogens is 631 g/mol. The van der Waals surface area contributed by atoms with Crippen LogP contribution in [0.5, 0.6) is 0 Å². The standard InChI is InChI=1S/C14H20Cl3N2O3.BrH.Hg/c1-8(2)10-13(4,19-12(22-10)14(15,16)17)11(9(3)6-18)21-7-20-5;;/h8-11H,4,7H2,1-3,5H3;1H;/q;;+1/p-1/t9-,10-,11-,13+;;/m0../s1. The van der Waals surface area contributed by atoms with E-state index in [4.69, 9.17) is 54.0 Å². The second-order valence-electron chi connectivity index (χ2n) is 6.04. The molecule has 0 bridgehead atoms. The Kier molecular flexibility index (Phi) is 9.59. The van der Waals surface area contributed by atoms with Gasteiger partial charge in [-0.2, -0.15) is 0 Å². The SMILES string of the molecule is COCO[C@@H]([C@@H](C)C#N)[C@]1([CH2][Hg][Br])N=C(C(Cl)(Cl)Cl)O[C@H]1C(C)C. The number of alkyl halides is 3. The van der Waals surface area contributed by atoms with Crippen molar-refractivity contribution in [2.75, 3.05) is 13.9 Å². The Balaban J connectivity index is 3.43. The number of hydrogen-bond acceptors (Lipinski definition) is 5. The van der Waals surface area contributed by atoms with Crippen LogP contribution in [-0.2, 0) is 36.4 Å². The number of rotatable bonds is 8. The quantitative estimate of drug-likeness (QED) is 0.221. The van der Waals surface area contributed by atoms with Gasteiger partial charge < -0.3 is 0 Å². The summed E-state index contributed by atoms with van der Waals surface area (Å²) in [6.45, 7) is 5.89. The Hall–Kier alpha value is 1.17. The first-order valence-electron chi connectivity index (χ1n) is 7.53. The van der Waals surface area contributed by atoms with E-state index in [1.165, 1.54) is 7.11 Å². The molecule has 0 radical (unpaired) electrons. The van der Waals surface area contributed by atoms with Gasteiger partial charge in [0, 0.05) is 0 Å². The first-order chi connectivity index (χ1) is 11.1. The third-order valence-corrected chi connectivity index (χ3v) is 11.7. The van der Waals surface area contributed by atoms with Gasteiger partial charge in [0.25, 0.3) is 0 Å². The van der Waals surface area contributed by atoms with Gasteiger partial charge in [-0.3, -0.25) is 0 Å². The van der Waals surface area contributed by atoms with E-state index in [1.54, 1.807) is 6.92 Å². The van der Waals surface area contributed by atoms with Crippen molar-refractivity contribution in [2.45, 2.75) is 46.2 Å². The molecule has 0 unspecified atom stereocenters. The van der Waals surface area contributed by atoms with Crippen LogP contribution in [-0.4, -0.2) is 41.3 Å². The van der Waals surface area contributed by atoms with E-state index >= 15 is 0 Å². The van der Waals surface area contributed by atoms with Gasteiger partial charge in [0.05, 0.1) is 0 Å². The molecular formula is C14H20BrCl3HgN2O3. The zero-order valence-corrected chi connectivity index (χ0v) is 23.4. The van der Waals surface area contributed by atoms with E-state index in [0.29, 0.717) is 0 Å². The van der Waals surface area contributed by atoms with E-state index in [1.807, 2.05) is 13.8 Å². The molecule has 0 amide bonds. The van der Waals surface area contributed by atoms with Crippen LogP contribution in [0, 0.1) is 23.2 Å². The second kappa shape index (κ2) is 9.91. The van der Waals surface area contributed by atoms with Crippen LogP contribution in [0.3, 0.4) is 0 Å². The van der Waals surface area contributed by atoms with Gasteiger partial charge in [0.15, 0.2) is 0 Å². The summed E-state index contributed by atoms with van der Waals surface area (Å²) in [5.74, 6) is -0.252. The number of halogens is 4. The van der Waals surface area contributed by atoms with Gasteiger partial charge in [-0.1, -0.05) is 0 Å². The molecule has 0 aromatic heterocycles. The van der Waals surface area contributed by atoms with Gasteiger partial charge in [0.1, 0.15) is 0 Å². The molecule has 1 aliphatic heterocycles. The molecule has 1 aliphatic rings. The van der Waals surface area contributed by atoms with E-state index < -0.39 is 43.5 Å². The molecule has 5 nitrogen and oxygen atoms in total. The minimum atomic E-state index is -1.75. The van der Waals surface area contributed by atoms with Gasteiger partial charge >= 0.3 is 177 Å². The summed E-state index contributed by atoms with van der Waals surface area (Å²) in [7, 11) is 1.53. The summed E-state index contributed by atoms with van der Waals surface area (Å²) in [5, 5.41) is 9.47. The molecule has 134 valence electrons. The fourth-order valence-corrected chi connectivity index (χ4v) is 12.7. The molecule has 0 saturated carbocycles. The zero-order valence-electron chi connectivity index (χ0n) is 14.1. The van der Waals surface area contributed by atoms with Crippen LogP contribution in [0.25, 0.3) is 0 Å². The second-order valence-corrected chi connectivity index (χ2v) is 18.7. The Morgan fingerprint density at radius 1 is 1.46 bits per heavy atom. The summed E-state index contributed by atoms with van der Waals surface area (Å²) >= 11 is 20.3. The number of hydrogen-bond donors (Lipinski definition) is 0. The van der Waals surface area contributed by atoms with Crippen LogP contribution in [0.1, 0.15) is 20.8 Å². The molecule has 0 saturated heterocycles. The van der Waals surface area contributed by atoms with Gasteiger partial charge in [-0.25, -0.2) is 0 Å². The molecule has 0 spiro atoms. The number of aliphatic imine (C=N–C) groups is 1. The van der Waals surface area contributed by atoms with Crippen molar-refractivity contribution in [3.05, 3.63) is 0 Å². The molecule has 0 aliphatic carbocycles. The van der Waals surface area contributed by atoms with Crippen molar-refractivity contribution in [1.29, 1.82) is 5.26 Å². The van der Waals surface area contributed by atoms with Crippen molar-refractivity contribution in [3.8, 4) is 6.07 Å². The predicted molar refractivity (Wildman–Crippen MR) is 95.4 cm³/mol. The summed E-state index contributed by atoms with van der Waals surface area (Å²) < 4.78 is 15.9. The molecule has 0 fully saturated rings. The third kappa shape index (κ3) is 5.34. The van der Waals surface area contributed by atoms with Gasteiger partial charge in [-0.15, -0.1) is 0 Å². The van der Waals surface area contributed by atoms with Crippen LogP contribution in [0.2, 0.25) is 3.93 Å². The molecule has 4 atom stereocenters. The monoisotopic (exact) mass is 650 g/mol. The fraction of sp³-hybridized carbons (Fsp3) is 0.857.